The van der Waals surface area contributed by atoms with Gasteiger partial charge < -0.3 is 20.5 Å². The zero-order chi connectivity index (χ0) is 28.4. The Bertz CT molecular complexity index is 1530. The number of nitrogens with zero attached hydrogens (tertiary/aromatic N) is 6. The molecule has 3 N–H and O–H groups in total. The SMILES string of the molecule is O=C(CC(F)(F)F)N1CCN(Cc2ccnc(Nc3nc4ccc(-c5cc(NC6CCC6)ncn5)cc4[nH]3)c2)CC1. The van der Waals surface area contributed by atoms with Crippen LogP contribution >= 0.6 is 0 Å². The van der Waals surface area contributed by atoms with E-state index in [1.807, 2.05) is 36.4 Å². The van der Waals surface area contributed by atoms with Crippen molar-refractivity contribution >= 4 is 34.5 Å². The Morgan fingerprint density at radius 1 is 1.00 bits per heavy atom. The molecule has 1 amide bonds. The van der Waals surface area contributed by atoms with Crippen LogP contribution in [0.4, 0.5) is 30.8 Å². The molecule has 2 fully saturated rings. The smallest absolute Gasteiger partial charge is 0.367 e. The summed E-state index contributed by atoms with van der Waals surface area (Å²) < 4.78 is 37.6. The lowest BCUT2D eigenvalue weighted by molar-refractivity contribution is -0.162. The number of amides is 1. The van der Waals surface area contributed by atoms with Gasteiger partial charge in [0.15, 0.2) is 0 Å². The van der Waals surface area contributed by atoms with Gasteiger partial charge in [-0.3, -0.25) is 9.69 Å². The number of halogens is 3. The van der Waals surface area contributed by atoms with Crippen molar-refractivity contribution in [1.29, 1.82) is 0 Å². The maximum absolute atomic E-state index is 12.5. The second-order valence-corrected chi connectivity index (χ2v) is 10.5. The zero-order valence-electron chi connectivity index (χ0n) is 22.3. The number of rotatable bonds is 8. The molecule has 1 aliphatic heterocycles. The van der Waals surface area contributed by atoms with Gasteiger partial charge in [0.25, 0.3) is 0 Å². The number of H-pyrrole nitrogens is 1. The molecule has 214 valence electrons. The first-order chi connectivity index (χ1) is 19.8. The second-order valence-electron chi connectivity index (χ2n) is 10.5. The van der Waals surface area contributed by atoms with E-state index in [1.54, 1.807) is 12.5 Å². The van der Waals surface area contributed by atoms with Gasteiger partial charge in [0, 0.05) is 56.6 Å². The van der Waals surface area contributed by atoms with Gasteiger partial charge in [-0.25, -0.2) is 19.9 Å². The van der Waals surface area contributed by atoms with Crippen LogP contribution < -0.4 is 10.6 Å². The summed E-state index contributed by atoms with van der Waals surface area (Å²) in [5.74, 6) is 1.12. The molecule has 0 atom stereocenters. The number of hydrogen-bond acceptors (Lipinski definition) is 8. The van der Waals surface area contributed by atoms with Crippen molar-refractivity contribution < 1.29 is 18.0 Å². The van der Waals surface area contributed by atoms with Crippen LogP contribution in [0, 0.1) is 0 Å². The topological polar surface area (TPSA) is 115 Å². The van der Waals surface area contributed by atoms with E-state index >= 15 is 0 Å². The Kier molecular flexibility index (Phi) is 7.43. The number of carbonyl (C=O) groups excluding carboxylic acids is 1. The van der Waals surface area contributed by atoms with E-state index in [4.69, 9.17) is 0 Å². The fraction of sp³-hybridized carbons (Fsp3) is 0.393. The van der Waals surface area contributed by atoms with Crippen molar-refractivity contribution in [3.05, 3.63) is 54.5 Å². The van der Waals surface area contributed by atoms with Crippen molar-refractivity contribution in [2.45, 2.75) is 44.4 Å². The van der Waals surface area contributed by atoms with Gasteiger partial charge in [-0.15, -0.1) is 0 Å². The molecule has 0 unspecified atom stereocenters. The molecule has 6 rings (SSSR count). The Labute approximate surface area is 234 Å². The minimum atomic E-state index is -4.48. The molecule has 4 heterocycles. The first kappa shape index (κ1) is 26.9. The molecule has 3 aromatic heterocycles. The van der Waals surface area contributed by atoms with Crippen molar-refractivity contribution in [1.82, 2.24) is 34.7 Å². The molecule has 13 heteroatoms. The highest BCUT2D eigenvalue weighted by molar-refractivity contribution is 5.83. The number of pyridine rings is 1. The number of carbonyl (C=O) groups is 1. The van der Waals surface area contributed by atoms with Gasteiger partial charge in [0.05, 0.1) is 16.7 Å². The van der Waals surface area contributed by atoms with Crippen LogP contribution in [-0.2, 0) is 11.3 Å². The highest BCUT2D eigenvalue weighted by Gasteiger charge is 2.34. The molecule has 1 saturated heterocycles. The molecule has 1 aliphatic carbocycles. The molecule has 0 radical (unpaired) electrons. The fourth-order valence-electron chi connectivity index (χ4n) is 5.04. The number of hydrogen-bond donors (Lipinski definition) is 3. The number of alkyl halides is 3. The first-order valence-corrected chi connectivity index (χ1v) is 13.6. The fourth-order valence-corrected chi connectivity index (χ4v) is 5.04. The molecular weight excluding hydrogens is 535 g/mol. The van der Waals surface area contributed by atoms with Crippen molar-refractivity contribution in [3.8, 4) is 11.3 Å². The lowest BCUT2D eigenvalue weighted by atomic mass is 9.93. The normalized spacial score (nSPS) is 16.5. The van der Waals surface area contributed by atoms with Crippen molar-refractivity contribution in [2.24, 2.45) is 0 Å². The summed E-state index contributed by atoms with van der Waals surface area (Å²) in [4.78, 5) is 36.4. The zero-order valence-corrected chi connectivity index (χ0v) is 22.3. The van der Waals surface area contributed by atoms with E-state index in [-0.39, 0.29) is 13.1 Å². The molecule has 0 spiro atoms. The largest absolute Gasteiger partial charge is 0.397 e. The van der Waals surface area contributed by atoms with Crippen LogP contribution in [-0.4, -0.2) is 79.0 Å². The van der Waals surface area contributed by atoms with Gasteiger partial charge in [-0.1, -0.05) is 6.07 Å². The molecule has 41 heavy (non-hydrogen) atoms. The molecule has 1 saturated carbocycles. The third-order valence-corrected chi connectivity index (χ3v) is 7.46. The van der Waals surface area contributed by atoms with Crippen LogP contribution in [0.5, 0.6) is 0 Å². The summed E-state index contributed by atoms with van der Waals surface area (Å²) in [7, 11) is 0. The van der Waals surface area contributed by atoms with E-state index in [2.05, 4.69) is 40.5 Å². The molecule has 4 aromatic rings. The minimum Gasteiger partial charge on any atom is -0.367 e. The summed E-state index contributed by atoms with van der Waals surface area (Å²) in [6, 6.07) is 12.2. The summed E-state index contributed by atoms with van der Waals surface area (Å²) in [6.07, 6.45) is 0.970. The Morgan fingerprint density at radius 2 is 1.83 bits per heavy atom. The van der Waals surface area contributed by atoms with Gasteiger partial charge in [-0.05, 0) is 49.1 Å². The van der Waals surface area contributed by atoms with Gasteiger partial charge in [0.2, 0.25) is 11.9 Å². The van der Waals surface area contributed by atoms with E-state index in [1.165, 1.54) is 24.2 Å². The standard InChI is InChI=1S/C28H30F3N9O/c29-28(30,31)15-26(41)40-10-8-39(9-11-40)16-18-6-7-32-24(12-18)38-27-36-21-5-4-19(13-23(21)37-27)22-14-25(34-17-33-22)35-20-2-1-3-20/h4-7,12-14,17,20H,1-3,8-11,15-16H2,(H,33,34,35)(H2,32,36,37,38). The number of anilines is 3. The van der Waals surface area contributed by atoms with Gasteiger partial charge in [-0.2, -0.15) is 13.2 Å². The Hall–Kier alpha value is -4.26. The lowest BCUT2D eigenvalue weighted by Gasteiger charge is -2.35. The van der Waals surface area contributed by atoms with Crippen LogP contribution in [0.3, 0.4) is 0 Å². The summed E-state index contributed by atoms with van der Waals surface area (Å²) in [6.45, 7) is 2.16. The van der Waals surface area contributed by atoms with E-state index < -0.39 is 18.5 Å². The highest BCUT2D eigenvalue weighted by Crippen LogP contribution is 2.27. The number of nitrogens with one attached hydrogen (secondary N) is 3. The van der Waals surface area contributed by atoms with Crippen molar-refractivity contribution in [3.63, 3.8) is 0 Å². The predicted molar refractivity (Wildman–Crippen MR) is 148 cm³/mol. The second kappa shape index (κ2) is 11.3. The third-order valence-electron chi connectivity index (χ3n) is 7.46. The number of fused-ring (bicyclic) bond motifs is 1. The quantitative estimate of drug-likeness (QED) is 0.281. The maximum atomic E-state index is 12.5. The molecule has 2 aliphatic rings. The van der Waals surface area contributed by atoms with E-state index in [0.717, 1.165) is 33.7 Å². The average Bonchev–Trinajstić information content (AvgIpc) is 3.32. The number of aromatic amines is 1. The minimum absolute atomic E-state index is 0.277. The van der Waals surface area contributed by atoms with E-state index in [0.29, 0.717) is 37.4 Å². The van der Waals surface area contributed by atoms with Gasteiger partial charge in [0.1, 0.15) is 24.4 Å². The van der Waals surface area contributed by atoms with Gasteiger partial charge >= 0.3 is 6.18 Å². The van der Waals surface area contributed by atoms with Crippen LogP contribution in [0.2, 0.25) is 0 Å². The van der Waals surface area contributed by atoms with Crippen LogP contribution in [0.1, 0.15) is 31.2 Å². The maximum Gasteiger partial charge on any atom is 0.397 e. The third kappa shape index (κ3) is 6.73. The number of aromatic nitrogens is 5. The number of benzene rings is 1. The van der Waals surface area contributed by atoms with Crippen molar-refractivity contribution in [2.75, 3.05) is 36.8 Å². The summed E-state index contributed by atoms with van der Waals surface area (Å²) >= 11 is 0. The lowest BCUT2D eigenvalue weighted by Crippen LogP contribution is -2.49. The predicted octanol–water partition coefficient (Wildman–Crippen LogP) is 4.72. The monoisotopic (exact) mass is 565 g/mol. The van der Waals surface area contributed by atoms with Crippen LogP contribution in [0.25, 0.3) is 22.3 Å². The molecular formula is C28H30F3N9O. The van der Waals surface area contributed by atoms with Crippen LogP contribution in [0.15, 0.2) is 48.9 Å². The number of imidazole rings is 1. The number of piperazine rings is 1. The van der Waals surface area contributed by atoms with E-state index in [9.17, 15) is 18.0 Å². The Balaban J connectivity index is 1.08. The summed E-state index contributed by atoms with van der Waals surface area (Å²) in [5.41, 5.74) is 4.42. The first-order valence-electron chi connectivity index (χ1n) is 13.6. The molecule has 1 aromatic carbocycles. The highest BCUT2D eigenvalue weighted by atomic mass is 19.4. The molecule has 0 bridgehead atoms. The Morgan fingerprint density at radius 3 is 2.59 bits per heavy atom. The average molecular weight is 566 g/mol. The summed E-state index contributed by atoms with van der Waals surface area (Å²) in [5, 5.41) is 6.68. The molecule has 10 nitrogen and oxygen atoms in total.